The summed E-state index contributed by atoms with van der Waals surface area (Å²) >= 11 is 5.95. The lowest BCUT2D eigenvalue weighted by atomic mass is 10.5. The summed E-state index contributed by atoms with van der Waals surface area (Å²) in [5.74, 6) is 1.93. The number of aryl methyl sites for hydroxylation is 1. The van der Waals surface area contributed by atoms with Crippen molar-refractivity contribution in [2.75, 3.05) is 23.3 Å². The highest BCUT2D eigenvalue weighted by molar-refractivity contribution is 6.28. The van der Waals surface area contributed by atoms with Crippen LogP contribution in [-0.4, -0.2) is 37.6 Å². The fourth-order valence-corrected chi connectivity index (χ4v) is 1.95. The molecular formula is C12H18ClN7. The van der Waals surface area contributed by atoms with E-state index in [0.717, 1.165) is 18.9 Å². The Kier molecular flexibility index (Phi) is 4.73. The molecule has 0 aliphatic carbocycles. The Morgan fingerprint density at radius 1 is 1.25 bits per heavy atom. The minimum Gasteiger partial charge on any atom is -0.347 e. The van der Waals surface area contributed by atoms with Crippen molar-refractivity contribution in [1.29, 1.82) is 0 Å². The molecule has 0 unspecified atom stereocenters. The van der Waals surface area contributed by atoms with Crippen molar-refractivity contribution in [3.63, 3.8) is 0 Å². The Morgan fingerprint density at radius 3 is 2.60 bits per heavy atom. The van der Waals surface area contributed by atoms with Crippen LogP contribution in [0.15, 0.2) is 12.4 Å². The first kappa shape index (κ1) is 14.5. The number of rotatable bonds is 6. The van der Waals surface area contributed by atoms with Gasteiger partial charge in [-0.05, 0) is 25.4 Å². The lowest BCUT2D eigenvalue weighted by Gasteiger charge is -2.18. The molecule has 0 radical (unpaired) electrons. The largest absolute Gasteiger partial charge is 0.347 e. The first-order valence-electron chi connectivity index (χ1n) is 6.50. The molecule has 0 atom stereocenters. The molecule has 0 fully saturated rings. The van der Waals surface area contributed by atoms with Crippen LogP contribution in [0.1, 0.15) is 19.7 Å². The summed E-state index contributed by atoms with van der Waals surface area (Å²) in [6.45, 7) is 6.25. The number of aromatic nitrogens is 5. The number of hydrogen-bond donors (Lipinski definition) is 1. The van der Waals surface area contributed by atoms with E-state index in [1.807, 2.05) is 36.6 Å². The first-order valence-corrected chi connectivity index (χ1v) is 6.88. The molecule has 0 saturated heterocycles. The molecule has 1 N–H and O–H groups in total. The monoisotopic (exact) mass is 295 g/mol. The summed E-state index contributed by atoms with van der Waals surface area (Å²) in [6.07, 6.45) is 3.64. The second kappa shape index (κ2) is 6.51. The molecule has 108 valence electrons. The number of hydrogen-bond acceptors (Lipinski definition) is 6. The third-order valence-corrected chi connectivity index (χ3v) is 3.14. The predicted octanol–water partition coefficient (Wildman–Crippen LogP) is 1.72. The van der Waals surface area contributed by atoms with Gasteiger partial charge in [0, 0.05) is 32.5 Å². The molecule has 7 nitrogen and oxygen atoms in total. The Balaban J connectivity index is 2.13. The van der Waals surface area contributed by atoms with E-state index in [1.54, 1.807) is 6.20 Å². The zero-order chi connectivity index (χ0) is 14.5. The maximum atomic E-state index is 5.95. The Labute approximate surface area is 123 Å². The Hall–Kier alpha value is -1.89. The van der Waals surface area contributed by atoms with Gasteiger partial charge in [-0.1, -0.05) is 0 Å². The van der Waals surface area contributed by atoms with Crippen molar-refractivity contribution in [1.82, 2.24) is 24.5 Å². The third kappa shape index (κ3) is 3.36. The van der Waals surface area contributed by atoms with Gasteiger partial charge in [0.15, 0.2) is 0 Å². The van der Waals surface area contributed by atoms with Gasteiger partial charge in [0.05, 0.1) is 6.54 Å². The van der Waals surface area contributed by atoms with Crippen LogP contribution in [0.4, 0.5) is 11.9 Å². The van der Waals surface area contributed by atoms with E-state index in [4.69, 9.17) is 11.6 Å². The molecule has 0 spiro atoms. The standard InChI is InChI=1S/C12H18ClN7/c1-4-20(5-2)12-17-10(13)16-11(18-12)15-8-9-14-6-7-19(9)3/h6-7H,4-5,8H2,1-3H3,(H,15,16,17,18). The van der Waals surface area contributed by atoms with E-state index in [-0.39, 0.29) is 5.28 Å². The lowest BCUT2D eigenvalue weighted by molar-refractivity contribution is 0.794. The smallest absolute Gasteiger partial charge is 0.231 e. The van der Waals surface area contributed by atoms with Crippen molar-refractivity contribution >= 4 is 23.5 Å². The minimum atomic E-state index is 0.184. The SMILES string of the molecule is CCN(CC)c1nc(Cl)nc(NCc2nccn2C)n1. The quantitative estimate of drug-likeness (QED) is 0.875. The molecule has 0 bridgehead atoms. The number of imidazole rings is 1. The molecule has 0 aliphatic rings. The second-order valence-corrected chi connectivity index (χ2v) is 4.55. The lowest BCUT2D eigenvalue weighted by Crippen LogP contribution is -2.25. The maximum absolute atomic E-state index is 5.95. The molecule has 2 aromatic rings. The molecule has 8 heteroatoms. The highest BCUT2D eigenvalue weighted by Crippen LogP contribution is 2.14. The summed E-state index contributed by atoms with van der Waals surface area (Å²) < 4.78 is 1.93. The van der Waals surface area contributed by atoms with Crippen LogP contribution in [0, 0.1) is 0 Å². The van der Waals surface area contributed by atoms with Crippen molar-refractivity contribution in [3.8, 4) is 0 Å². The fraction of sp³-hybridized carbons (Fsp3) is 0.500. The summed E-state index contributed by atoms with van der Waals surface area (Å²) in [4.78, 5) is 18.8. The van der Waals surface area contributed by atoms with Crippen LogP contribution < -0.4 is 10.2 Å². The third-order valence-electron chi connectivity index (χ3n) is 2.97. The maximum Gasteiger partial charge on any atom is 0.231 e. The number of anilines is 2. The summed E-state index contributed by atoms with van der Waals surface area (Å²) in [7, 11) is 1.94. The average molecular weight is 296 g/mol. The highest BCUT2D eigenvalue weighted by atomic mass is 35.5. The van der Waals surface area contributed by atoms with Gasteiger partial charge in [-0.25, -0.2) is 4.98 Å². The van der Waals surface area contributed by atoms with Gasteiger partial charge in [-0.2, -0.15) is 15.0 Å². The first-order chi connectivity index (χ1) is 9.63. The Bertz CT molecular complexity index is 565. The van der Waals surface area contributed by atoms with Crippen molar-refractivity contribution in [3.05, 3.63) is 23.5 Å². The van der Waals surface area contributed by atoms with Gasteiger partial charge in [-0.3, -0.25) is 0 Å². The number of halogens is 1. The fourth-order valence-electron chi connectivity index (χ4n) is 1.79. The van der Waals surface area contributed by atoms with Gasteiger partial charge in [-0.15, -0.1) is 0 Å². The van der Waals surface area contributed by atoms with Crippen molar-refractivity contribution in [2.24, 2.45) is 7.05 Å². The van der Waals surface area contributed by atoms with Gasteiger partial charge in [0.1, 0.15) is 5.82 Å². The molecule has 20 heavy (non-hydrogen) atoms. The molecular weight excluding hydrogens is 278 g/mol. The zero-order valence-electron chi connectivity index (χ0n) is 11.8. The van der Waals surface area contributed by atoms with E-state index in [1.165, 1.54) is 0 Å². The van der Waals surface area contributed by atoms with Gasteiger partial charge in [0.25, 0.3) is 0 Å². The number of nitrogens with zero attached hydrogens (tertiary/aromatic N) is 6. The van der Waals surface area contributed by atoms with Crippen LogP contribution in [0.3, 0.4) is 0 Å². The van der Waals surface area contributed by atoms with E-state index in [9.17, 15) is 0 Å². The van der Waals surface area contributed by atoms with Crippen LogP contribution in [0.25, 0.3) is 0 Å². The number of nitrogens with one attached hydrogen (secondary N) is 1. The van der Waals surface area contributed by atoms with Crippen LogP contribution in [-0.2, 0) is 13.6 Å². The molecule has 2 aromatic heterocycles. The van der Waals surface area contributed by atoms with Crippen molar-refractivity contribution in [2.45, 2.75) is 20.4 Å². The van der Waals surface area contributed by atoms with Crippen molar-refractivity contribution < 1.29 is 0 Å². The summed E-state index contributed by atoms with van der Waals surface area (Å²) in [5, 5.41) is 3.30. The van der Waals surface area contributed by atoms with Gasteiger partial charge in [0.2, 0.25) is 17.2 Å². The zero-order valence-corrected chi connectivity index (χ0v) is 12.6. The molecule has 0 aliphatic heterocycles. The van der Waals surface area contributed by atoms with E-state index in [0.29, 0.717) is 18.4 Å². The summed E-state index contributed by atoms with van der Waals surface area (Å²) in [5.41, 5.74) is 0. The molecule has 0 amide bonds. The van der Waals surface area contributed by atoms with Gasteiger partial charge < -0.3 is 14.8 Å². The van der Waals surface area contributed by atoms with E-state index >= 15 is 0 Å². The van der Waals surface area contributed by atoms with E-state index < -0.39 is 0 Å². The topological polar surface area (TPSA) is 71.8 Å². The Morgan fingerprint density at radius 2 is 2.00 bits per heavy atom. The van der Waals surface area contributed by atoms with Gasteiger partial charge >= 0.3 is 0 Å². The molecule has 2 heterocycles. The van der Waals surface area contributed by atoms with Crippen LogP contribution in [0.2, 0.25) is 5.28 Å². The summed E-state index contributed by atoms with van der Waals surface area (Å²) in [6, 6.07) is 0. The normalized spacial score (nSPS) is 10.6. The van der Waals surface area contributed by atoms with E-state index in [2.05, 4.69) is 25.3 Å². The predicted molar refractivity (Wildman–Crippen MR) is 78.9 cm³/mol. The molecule has 0 aromatic carbocycles. The minimum absolute atomic E-state index is 0.184. The van der Waals surface area contributed by atoms with Crippen LogP contribution in [0.5, 0.6) is 0 Å². The van der Waals surface area contributed by atoms with Crippen LogP contribution >= 0.6 is 11.6 Å². The molecule has 2 rings (SSSR count). The molecule has 0 saturated carbocycles. The average Bonchev–Trinajstić information content (AvgIpc) is 2.83. The highest BCUT2D eigenvalue weighted by Gasteiger charge is 2.10. The second-order valence-electron chi connectivity index (χ2n) is 4.21.